The highest BCUT2D eigenvalue weighted by Gasteiger charge is 2.37. The van der Waals surface area contributed by atoms with Gasteiger partial charge in [0.1, 0.15) is 28.7 Å². The molecule has 1 fully saturated rings. The lowest BCUT2D eigenvalue weighted by atomic mass is 9.85. The largest absolute Gasteiger partial charge is 0.493 e. The number of likely N-dealkylation sites (tertiary alicyclic amines) is 1. The standard InChI is InChI=1S/C24H23FN4O3S2/c25-18-3-1-17(2-4-18)22-11-16(13-26)7-9-29(22)21-8-10-32-23-12-19(5-6-20(21)23)34(30,31)14-24-27-15-28-33-24/h1-6,12,15-16,21-22H,7-11,14H2/t16-,21-,22+/m1/s1. The van der Waals surface area contributed by atoms with Crippen molar-refractivity contribution >= 4 is 21.4 Å². The van der Waals surface area contributed by atoms with Crippen LogP contribution in [0.25, 0.3) is 0 Å². The highest BCUT2D eigenvalue weighted by molar-refractivity contribution is 7.90. The van der Waals surface area contributed by atoms with Gasteiger partial charge in [0.05, 0.1) is 17.6 Å². The van der Waals surface area contributed by atoms with Crippen LogP contribution in [-0.4, -0.2) is 35.8 Å². The van der Waals surface area contributed by atoms with Crippen molar-refractivity contribution in [3.63, 3.8) is 0 Å². The number of hydrogen-bond donors (Lipinski definition) is 0. The molecule has 0 radical (unpaired) electrons. The molecule has 2 aliphatic heterocycles. The summed E-state index contributed by atoms with van der Waals surface area (Å²) in [6, 6.07) is 13.9. The number of nitrogens with zero attached hydrogens (tertiary/aromatic N) is 4. The van der Waals surface area contributed by atoms with Gasteiger partial charge in [-0.2, -0.15) is 9.64 Å². The minimum atomic E-state index is -3.58. The van der Waals surface area contributed by atoms with Crippen LogP contribution in [0.5, 0.6) is 5.75 Å². The normalized spacial score (nSPS) is 23.0. The SMILES string of the molecule is N#C[C@@H]1CCN([C@@H]2CCOc3cc(S(=O)(=O)Cc4ncns4)ccc32)[C@H](c2ccc(F)cc2)C1. The molecule has 34 heavy (non-hydrogen) atoms. The predicted octanol–water partition coefficient (Wildman–Crippen LogP) is 4.45. The molecule has 3 heterocycles. The van der Waals surface area contributed by atoms with E-state index in [1.807, 2.05) is 6.07 Å². The minimum absolute atomic E-state index is 0.0124. The number of nitriles is 1. The van der Waals surface area contributed by atoms with Gasteiger partial charge in [0.15, 0.2) is 9.84 Å². The van der Waals surface area contributed by atoms with Gasteiger partial charge in [-0.15, -0.1) is 0 Å². The molecule has 0 bridgehead atoms. The van der Waals surface area contributed by atoms with Crippen LogP contribution in [0.3, 0.4) is 0 Å². The number of halogens is 1. The van der Waals surface area contributed by atoms with Crippen molar-refractivity contribution in [1.82, 2.24) is 14.3 Å². The fourth-order valence-corrected chi connectivity index (χ4v) is 7.00. The highest BCUT2D eigenvalue weighted by Crippen LogP contribution is 2.45. The summed E-state index contributed by atoms with van der Waals surface area (Å²) in [6.07, 6.45) is 3.53. The van der Waals surface area contributed by atoms with E-state index >= 15 is 0 Å². The molecule has 0 spiro atoms. The molecule has 0 aliphatic carbocycles. The Bertz CT molecular complexity index is 1310. The van der Waals surface area contributed by atoms with E-state index in [1.54, 1.807) is 24.3 Å². The van der Waals surface area contributed by atoms with Crippen molar-refractivity contribution in [2.45, 2.75) is 42.0 Å². The third-order valence-corrected chi connectivity index (χ3v) is 9.02. The van der Waals surface area contributed by atoms with E-state index in [0.29, 0.717) is 23.8 Å². The third kappa shape index (κ3) is 4.56. The first-order valence-electron chi connectivity index (χ1n) is 11.1. The first-order chi connectivity index (χ1) is 16.4. The molecular formula is C24H23FN4O3S2. The average molecular weight is 499 g/mol. The number of rotatable bonds is 5. The quantitative estimate of drug-likeness (QED) is 0.513. The fourth-order valence-electron chi connectivity index (χ4n) is 4.88. The Morgan fingerprint density at radius 3 is 2.74 bits per heavy atom. The fraction of sp³-hybridized carbons (Fsp3) is 0.375. The van der Waals surface area contributed by atoms with Crippen LogP contribution in [0.4, 0.5) is 4.39 Å². The van der Waals surface area contributed by atoms with Crippen LogP contribution in [0.1, 0.15) is 47.5 Å². The van der Waals surface area contributed by atoms with Crippen LogP contribution >= 0.6 is 11.5 Å². The lowest BCUT2D eigenvalue weighted by molar-refractivity contribution is 0.0550. The summed E-state index contributed by atoms with van der Waals surface area (Å²) in [5, 5.41) is 9.98. The zero-order valence-corrected chi connectivity index (χ0v) is 19.9. The molecule has 0 unspecified atom stereocenters. The monoisotopic (exact) mass is 498 g/mol. The van der Waals surface area contributed by atoms with Gasteiger partial charge in [-0.1, -0.05) is 18.2 Å². The second kappa shape index (κ2) is 9.41. The van der Waals surface area contributed by atoms with Crippen molar-refractivity contribution in [3.8, 4) is 11.8 Å². The summed E-state index contributed by atoms with van der Waals surface area (Å²) >= 11 is 1.07. The smallest absolute Gasteiger partial charge is 0.185 e. The molecule has 2 aliphatic rings. The summed E-state index contributed by atoms with van der Waals surface area (Å²) < 4.78 is 49.2. The maximum absolute atomic E-state index is 13.6. The van der Waals surface area contributed by atoms with E-state index in [4.69, 9.17) is 4.74 Å². The van der Waals surface area contributed by atoms with Crippen LogP contribution in [0.15, 0.2) is 53.7 Å². The van der Waals surface area contributed by atoms with E-state index in [0.717, 1.165) is 42.0 Å². The summed E-state index contributed by atoms with van der Waals surface area (Å²) in [7, 11) is -3.58. The van der Waals surface area contributed by atoms with E-state index in [2.05, 4.69) is 20.3 Å². The molecule has 0 amide bonds. The molecule has 2 aromatic carbocycles. The molecule has 1 saturated heterocycles. The number of fused-ring (bicyclic) bond motifs is 1. The summed E-state index contributed by atoms with van der Waals surface area (Å²) in [5.74, 6) is 0.0174. The zero-order chi connectivity index (χ0) is 23.7. The first kappa shape index (κ1) is 22.9. The van der Waals surface area contributed by atoms with Gasteiger partial charge in [-0.05, 0) is 54.2 Å². The Morgan fingerprint density at radius 1 is 1.18 bits per heavy atom. The summed E-state index contributed by atoms with van der Waals surface area (Å²) in [5.41, 5.74) is 1.91. The Kier molecular flexibility index (Phi) is 6.34. The van der Waals surface area contributed by atoms with E-state index in [-0.39, 0.29) is 34.5 Å². The van der Waals surface area contributed by atoms with Gasteiger partial charge in [-0.25, -0.2) is 17.8 Å². The number of benzene rings is 2. The number of hydrogen-bond acceptors (Lipinski definition) is 8. The second-order valence-corrected chi connectivity index (χ2v) is 11.5. The Labute approximate surface area is 201 Å². The van der Waals surface area contributed by atoms with E-state index in [9.17, 15) is 18.1 Å². The average Bonchev–Trinajstić information content (AvgIpc) is 3.36. The predicted molar refractivity (Wildman–Crippen MR) is 124 cm³/mol. The van der Waals surface area contributed by atoms with E-state index < -0.39 is 9.84 Å². The second-order valence-electron chi connectivity index (χ2n) is 8.60. The number of piperidine rings is 1. The molecule has 5 rings (SSSR count). The van der Waals surface area contributed by atoms with Gasteiger partial charge < -0.3 is 4.74 Å². The van der Waals surface area contributed by atoms with Crippen LogP contribution in [0, 0.1) is 23.1 Å². The lowest BCUT2D eigenvalue weighted by Gasteiger charge is -2.44. The number of ether oxygens (including phenoxy) is 1. The number of aromatic nitrogens is 2. The Balaban J connectivity index is 1.46. The minimum Gasteiger partial charge on any atom is -0.493 e. The summed E-state index contributed by atoms with van der Waals surface area (Å²) in [4.78, 5) is 6.54. The van der Waals surface area contributed by atoms with Gasteiger partial charge in [-0.3, -0.25) is 4.90 Å². The maximum Gasteiger partial charge on any atom is 0.185 e. The van der Waals surface area contributed by atoms with Crippen LogP contribution in [0.2, 0.25) is 0 Å². The van der Waals surface area contributed by atoms with Gasteiger partial charge in [0.2, 0.25) is 0 Å². The van der Waals surface area contributed by atoms with Gasteiger partial charge >= 0.3 is 0 Å². The highest BCUT2D eigenvalue weighted by atomic mass is 32.2. The molecule has 3 atom stereocenters. The molecule has 7 nitrogen and oxygen atoms in total. The third-order valence-electron chi connectivity index (χ3n) is 6.55. The van der Waals surface area contributed by atoms with E-state index in [1.165, 1.54) is 18.5 Å². The van der Waals surface area contributed by atoms with Crippen molar-refractivity contribution < 1.29 is 17.5 Å². The molecule has 176 valence electrons. The van der Waals surface area contributed by atoms with Gasteiger partial charge in [0, 0.05) is 36.5 Å². The Morgan fingerprint density at radius 2 is 2.00 bits per heavy atom. The van der Waals surface area contributed by atoms with Crippen LogP contribution < -0.4 is 4.74 Å². The van der Waals surface area contributed by atoms with Crippen molar-refractivity contribution in [2.24, 2.45) is 5.92 Å². The molecule has 0 N–H and O–H groups in total. The zero-order valence-electron chi connectivity index (χ0n) is 18.3. The van der Waals surface area contributed by atoms with Crippen molar-refractivity contribution in [1.29, 1.82) is 5.26 Å². The van der Waals surface area contributed by atoms with Crippen molar-refractivity contribution in [3.05, 3.63) is 70.7 Å². The summed E-state index contributed by atoms with van der Waals surface area (Å²) in [6.45, 7) is 1.19. The molecule has 0 saturated carbocycles. The number of sulfone groups is 1. The van der Waals surface area contributed by atoms with Crippen LogP contribution in [-0.2, 0) is 15.6 Å². The lowest BCUT2D eigenvalue weighted by Crippen LogP contribution is -2.41. The molecular weight excluding hydrogens is 475 g/mol. The maximum atomic E-state index is 13.6. The topological polar surface area (TPSA) is 96.2 Å². The molecule has 1 aromatic heterocycles. The Hall–Kier alpha value is -2.87. The van der Waals surface area contributed by atoms with Gasteiger partial charge in [0.25, 0.3) is 0 Å². The molecule has 10 heteroatoms. The molecule has 3 aromatic rings. The first-order valence-corrected chi connectivity index (χ1v) is 13.5. The van der Waals surface area contributed by atoms with Crippen molar-refractivity contribution in [2.75, 3.05) is 13.2 Å².